The fraction of sp³-hybridized carbons (Fsp3) is 0.417. The third-order valence-electron chi connectivity index (χ3n) is 2.44. The van der Waals surface area contributed by atoms with Gasteiger partial charge >= 0.3 is 5.97 Å². The highest BCUT2D eigenvalue weighted by Gasteiger charge is 2.13. The van der Waals surface area contributed by atoms with Crippen LogP contribution in [0.15, 0.2) is 18.2 Å². The lowest BCUT2D eigenvalue weighted by molar-refractivity contribution is -0.141. The molecule has 1 aromatic rings. The van der Waals surface area contributed by atoms with Crippen LogP contribution in [0.1, 0.15) is 29.2 Å². The summed E-state index contributed by atoms with van der Waals surface area (Å²) in [6.07, 6.45) is 0.223. The topological polar surface area (TPSA) is 52.3 Å². The molecule has 0 heterocycles. The molecule has 4 heteroatoms. The molecule has 1 atom stereocenters. The number of hydrogen-bond acceptors (Lipinski definition) is 3. The molecule has 0 spiro atoms. The van der Waals surface area contributed by atoms with E-state index in [-0.39, 0.29) is 30.8 Å². The summed E-state index contributed by atoms with van der Waals surface area (Å²) in [5, 5.41) is 0. The van der Waals surface area contributed by atoms with Crippen molar-refractivity contribution in [2.75, 3.05) is 7.11 Å². The molecule has 0 aliphatic rings. The normalized spacial score (nSPS) is 11.5. The number of hydrogen-bond donors (Lipinski definition) is 1. The van der Waals surface area contributed by atoms with Crippen molar-refractivity contribution in [2.24, 2.45) is 5.73 Å². The van der Waals surface area contributed by atoms with Gasteiger partial charge in [0.05, 0.1) is 13.5 Å². The molecule has 0 amide bonds. The van der Waals surface area contributed by atoms with E-state index in [1.165, 1.54) is 12.7 Å². The van der Waals surface area contributed by atoms with Crippen LogP contribution in [0.4, 0.5) is 0 Å². The second kappa shape index (κ2) is 6.51. The number of halogens is 1. The quantitative estimate of drug-likeness (QED) is 0.829. The Morgan fingerprint density at radius 3 is 2.56 bits per heavy atom. The second-order valence-corrected chi connectivity index (χ2v) is 3.75. The van der Waals surface area contributed by atoms with Crippen molar-refractivity contribution in [3.63, 3.8) is 0 Å². The van der Waals surface area contributed by atoms with Crippen molar-refractivity contribution in [3.8, 4) is 0 Å². The van der Waals surface area contributed by atoms with Crippen LogP contribution >= 0.6 is 12.4 Å². The fourth-order valence-electron chi connectivity index (χ4n) is 1.61. The molecule has 0 radical (unpaired) electrons. The molecule has 0 bridgehead atoms. The predicted molar refractivity (Wildman–Crippen MR) is 66.7 cm³/mol. The Morgan fingerprint density at radius 1 is 1.44 bits per heavy atom. The summed E-state index contributed by atoms with van der Waals surface area (Å²) in [5.41, 5.74) is 9.24. The van der Waals surface area contributed by atoms with Crippen LogP contribution in [-0.2, 0) is 9.53 Å². The highest BCUT2D eigenvalue weighted by molar-refractivity contribution is 5.85. The van der Waals surface area contributed by atoms with E-state index in [0.29, 0.717) is 0 Å². The van der Waals surface area contributed by atoms with Gasteiger partial charge in [-0.05, 0) is 25.0 Å². The second-order valence-electron chi connectivity index (χ2n) is 3.75. The van der Waals surface area contributed by atoms with Crippen LogP contribution in [0, 0.1) is 13.8 Å². The van der Waals surface area contributed by atoms with Crippen LogP contribution < -0.4 is 5.73 Å². The largest absolute Gasteiger partial charge is 0.469 e. The Hall–Kier alpha value is -1.06. The number of methoxy groups -OCH3 is 1. The molecule has 0 aliphatic heterocycles. The highest BCUT2D eigenvalue weighted by Crippen LogP contribution is 2.19. The van der Waals surface area contributed by atoms with Crippen molar-refractivity contribution < 1.29 is 9.53 Å². The molecule has 1 rings (SSSR count). The summed E-state index contributed by atoms with van der Waals surface area (Å²) in [5.74, 6) is -0.275. The Kier molecular flexibility index (Phi) is 6.08. The maximum Gasteiger partial charge on any atom is 0.307 e. The number of ether oxygens (including phenoxy) is 1. The summed E-state index contributed by atoms with van der Waals surface area (Å²) in [6.45, 7) is 4.03. The first-order valence-electron chi connectivity index (χ1n) is 4.94. The molecule has 2 N–H and O–H groups in total. The van der Waals surface area contributed by atoms with Crippen molar-refractivity contribution in [3.05, 3.63) is 34.9 Å². The molecular formula is C12H18ClNO2. The van der Waals surface area contributed by atoms with Gasteiger partial charge in [-0.15, -0.1) is 12.4 Å². The van der Waals surface area contributed by atoms with E-state index in [4.69, 9.17) is 5.73 Å². The van der Waals surface area contributed by atoms with E-state index in [0.717, 1.165) is 11.1 Å². The summed E-state index contributed by atoms with van der Waals surface area (Å²) in [6, 6.07) is 5.75. The molecule has 0 aromatic heterocycles. The number of nitrogens with two attached hydrogens (primary N) is 1. The third kappa shape index (κ3) is 3.83. The predicted octanol–water partition coefficient (Wildman–Crippen LogP) is 2.29. The van der Waals surface area contributed by atoms with Gasteiger partial charge in [-0.25, -0.2) is 0 Å². The summed E-state index contributed by atoms with van der Waals surface area (Å²) in [7, 11) is 1.37. The van der Waals surface area contributed by atoms with Gasteiger partial charge in [0, 0.05) is 6.04 Å². The zero-order valence-corrected chi connectivity index (χ0v) is 10.6. The molecule has 1 aromatic carbocycles. The number of esters is 1. The van der Waals surface area contributed by atoms with E-state index in [2.05, 4.69) is 10.8 Å². The number of aryl methyl sites for hydroxylation is 2. The van der Waals surface area contributed by atoms with Gasteiger partial charge in [0.2, 0.25) is 0 Å². The fourth-order valence-corrected chi connectivity index (χ4v) is 1.61. The molecule has 3 nitrogen and oxygen atoms in total. The average Bonchev–Trinajstić information content (AvgIpc) is 2.17. The van der Waals surface area contributed by atoms with Crippen molar-refractivity contribution >= 4 is 18.4 Å². The molecule has 0 fully saturated rings. The van der Waals surface area contributed by atoms with Gasteiger partial charge < -0.3 is 10.5 Å². The summed E-state index contributed by atoms with van der Waals surface area (Å²) < 4.78 is 4.59. The zero-order chi connectivity index (χ0) is 11.4. The van der Waals surface area contributed by atoms with E-state index in [1.807, 2.05) is 26.0 Å². The summed E-state index contributed by atoms with van der Waals surface area (Å²) >= 11 is 0. The van der Waals surface area contributed by atoms with E-state index in [1.54, 1.807) is 0 Å². The number of rotatable bonds is 3. The van der Waals surface area contributed by atoms with Gasteiger partial charge in [0.1, 0.15) is 0 Å². The Bertz CT molecular complexity index is 366. The first-order valence-corrected chi connectivity index (χ1v) is 4.94. The lowest BCUT2D eigenvalue weighted by Gasteiger charge is -2.13. The minimum Gasteiger partial charge on any atom is -0.469 e. The van der Waals surface area contributed by atoms with E-state index >= 15 is 0 Å². The van der Waals surface area contributed by atoms with Gasteiger partial charge in [0.25, 0.3) is 0 Å². The highest BCUT2D eigenvalue weighted by atomic mass is 35.5. The maximum atomic E-state index is 11.1. The van der Waals surface area contributed by atoms with Crippen LogP contribution in [0.3, 0.4) is 0 Å². The van der Waals surface area contributed by atoms with Crippen LogP contribution in [-0.4, -0.2) is 13.1 Å². The molecule has 16 heavy (non-hydrogen) atoms. The summed E-state index contributed by atoms with van der Waals surface area (Å²) in [4.78, 5) is 11.1. The smallest absolute Gasteiger partial charge is 0.307 e. The minimum absolute atomic E-state index is 0. The SMILES string of the molecule is COC(=O)C[C@@H](N)c1ccc(C)cc1C.Cl. The average molecular weight is 244 g/mol. The molecule has 0 unspecified atom stereocenters. The Balaban J connectivity index is 0.00000225. The van der Waals surface area contributed by atoms with Crippen LogP contribution in [0.25, 0.3) is 0 Å². The zero-order valence-electron chi connectivity index (χ0n) is 9.82. The van der Waals surface area contributed by atoms with Crippen LogP contribution in [0.2, 0.25) is 0 Å². The first kappa shape index (κ1) is 14.9. The van der Waals surface area contributed by atoms with Crippen molar-refractivity contribution in [2.45, 2.75) is 26.3 Å². The maximum absolute atomic E-state index is 11.1. The minimum atomic E-state index is -0.280. The monoisotopic (exact) mass is 243 g/mol. The Labute approximate surface area is 102 Å². The molecule has 0 saturated heterocycles. The van der Waals surface area contributed by atoms with E-state index < -0.39 is 0 Å². The molecule has 90 valence electrons. The third-order valence-corrected chi connectivity index (χ3v) is 2.44. The van der Waals surface area contributed by atoms with Crippen molar-refractivity contribution in [1.29, 1.82) is 0 Å². The number of carbonyl (C=O) groups excluding carboxylic acids is 1. The first-order chi connectivity index (χ1) is 7.04. The van der Waals surface area contributed by atoms with Gasteiger partial charge in [0.15, 0.2) is 0 Å². The molecule has 0 saturated carbocycles. The van der Waals surface area contributed by atoms with Gasteiger partial charge in [-0.1, -0.05) is 23.8 Å². The number of benzene rings is 1. The standard InChI is InChI=1S/C12H17NO2.ClH/c1-8-4-5-10(9(2)6-8)11(13)7-12(14)15-3;/h4-6,11H,7,13H2,1-3H3;1H/t11-;/m1./s1. The lowest BCUT2D eigenvalue weighted by Crippen LogP contribution is -2.17. The lowest BCUT2D eigenvalue weighted by atomic mass is 9.98. The molecule has 0 aliphatic carbocycles. The van der Waals surface area contributed by atoms with Crippen molar-refractivity contribution in [1.82, 2.24) is 0 Å². The van der Waals surface area contributed by atoms with Gasteiger partial charge in [-0.3, -0.25) is 4.79 Å². The molecular weight excluding hydrogens is 226 g/mol. The van der Waals surface area contributed by atoms with Gasteiger partial charge in [-0.2, -0.15) is 0 Å². The number of carbonyl (C=O) groups is 1. The van der Waals surface area contributed by atoms with Crippen LogP contribution in [0.5, 0.6) is 0 Å². The Morgan fingerprint density at radius 2 is 2.06 bits per heavy atom. The van der Waals surface area contributed by atoms with E-state index in [9.17, 15) is 4.79 Å².